The maximum Gasteiger partial charge on any atom is 0.240 e. The van der Waals surface area contributed by atoms with Gasteiger partial charge in [-0.3, -0.25) is 19.4 Å². The highest BCUT2D eigenvalue weighted by molar-refractivity contribution is 8.15. The standard InChI is InChI=1S/C17H21N3O3S/c1-10(2)9-18-17-20-16(23)14(24-17)8-15(22)19-13-6-4-5-12(7-13)11(3)21/h4-7,10,14H,8-9H2,1-3H3,(H,19,22)(H,18,20,23)/t14-/m1/s1. The number of aliphatic imine (C=N–C) groups is 1. The summed E-state index contributed by atoms with van der Waals surface area (Å²) in [6.07, 6.45) is 0.0570. The minimum absolute atomic E-state index is 0.0570. The van der Waals surface area contributed by atoms with Crippen LogP contribution in [0.15, 0.2) is 29.3 Å². The van der Waals surface area contributed by atoms with Gasteiger partial charge >= 0.3 is 0 Å². The summed E-state index contributed by atoms with van der Waals surface area (Å²) in [5, 5.41) is 5.52. The zero-order valence-corrected chi connectivity index (χ0v) is 14.8. The van der Waals surface area contributed by atoms with Crippen molar-refractivity contribution in [1.29, 1.82) is 0 Å². The van der Waals surface area contributed by atoms with Crippen molar-refractivity contribution >= 4 is 40.2 Å². The Hall–Kier alpha value is -2.15. The van der Waals surface area contributed by atoms with E-state index in [1.807, 2.05) is 13.8 Å². The molecule has 1 atom stereocenters. The van der Waals surface area contributed by atoms with Gasteiger partial charge in [0.15, 0.2) is 11.0 Å². The molecule has 1 aromatic carbocycles. The lowest BCUT2D eigenvalue weighted by Gasteiger charge is -2.08. The van der Waals surface area contributed by atoms with Crippen LogP contribution in [0.4, 0.5) is 5.69 Å². The quantitative estimate of drug-likeness (QED) is 0.774. The third-order valence-corrected chi connectivity index (χ3v) is 4.42. The zero-order valence-electron chi connectivity index (χ0n) is 14.0. The maximum absolute atomic E-state index is 12.1. The molecule has 0 saturated carbocycles. The lowest BCUT2D eigenvalue weighted by molar-refractivity contribution is -0.122. The Morgan fingerprint density at radius 3 is 2.79 bits per heavy atom. The van der Waals surface area contributed by atoms with Crippen molar-refractivity contribution in [2.75, 3.05) is 11.9 Å². The Kier molecular flexibility index (Phi) is 6.14. The Labute approximate surface area is 145 Å². The Morgan fingerprint density at radius 2 is 2.12 bits per heavy atom. The molecule has 0 radical (unpaired) electrons. The molecule has 0 aliphatic carbocycles. The Bertz CT molecular complexity index is 685. The van der Waals surface area contributed by atoms with E-state index in [0.717, 1.165) is 0 Å². The predicted octanol–water partition coefficient (Wildman–Crippen LogP) is 2.46. The van der Waals surface area contributed by atoms with E-state index in [9.17, 15) is 14.4 Å². The molecule has 1 aliphatic heterocycles. The molecule has 1 aliphatic rings. The number of benzene rings is 1. The number of amidine groups is 1. The number of thioether (sulfide) groups is 1. The molecule has 6 nitrogen and oxygen atoms in total. The van der Waals surface area contributed by atoms with Crippen LogP contribution in [0.25, 0.3) is 0 Å². The van der Waals surface area contributed by atoms with Crippen LogP contribution in [-0.4, -0.2) is 34.6 Å². The summed E-state index contributed by atoms with van der Waals surface area (Å²) in [7, 11) is 0. The largest absolute Gasteiger partial charge is 0.326 e. The van der Waals surface area contributed by atoms with Crippen LogP contribution >= 0.6 is 11.8 Å². The highest BCUT2D eigenvalue weighted by Gasteiger charge is 2.32. The topological polar surface area (TPSA) is 87.6 Å². The summed E-state index contributed by atoms with van der Waals surface area (Å²) in [6.45, 7) is 6.20. The van der Waals surface area contributed by atoms with Crippen LogP contribution in [0.1, 0.15) is 37.6 Å². The van der Waals surface area contributed by atoms with Gasteiger partial charge in [-0.15, -0.1) is 0 Å². The number of hydrogen-bond donors (Lipinski definition) is 2. The molecule has 0 aromatic heterocycles. The number of carbonyl (C=O) groups excluding carboxylic acids is 3. The van der Waals surface area contributed by atoms with Crippen LogP contribution in [0, 0.1) is 5.92 Å². The predicted molar refractivity (Wildman–Crippen MR) is 96.4 cm³/mol. The molecule has 0 unspecified atom stereocenters. The fraction of sp³-hybridized carbons (Fsp3) is 0.412. The number of rotatable bonds is 6. The van der Waals surface area contributed by atoms with Crippen molar-refractivity contribution in [2.45, 2.75) is 32.4 Å². The van der Waals surface area contributed by atoms with E-state index in [0.29, 0.717) is 28.9 Å². The highest BCUT2D eigenvalue weighted by Crippen LogP contribution is 2.23. The number of ketones is 1. The molecule has 7 heteroatoms. The first kappa shape index (κ1) is 18.2. The second kappa shape index (κ2) is 8.10. The van der Waals surface area contributed by atoms with Crippen molar-refractivity contribution in [3.8, 4) is 0 Å². The minimum atomic E-state index is -0.480. The van der Waals surface area contributed by atoms with E-state index >= 15 is 0 Å². The van der Waals surface area contributed by atoms with Crippen LogP contribution in [0.5, 0.6) is 0 Å². The van der Waals surface area contributed by atoms with Crippen LogP contribution in [0.2, 0.25) is 0 Å². The molecule has 1 aromatic rings. The van der Waals surface area contributed by atoms with Crippen LogP contribution < -0.4 is 10.6 Å². The van der Waals surface area contributed by atoms with Crippen LogP contribution in [-0.2, 0) is 9.59 Å². The van der Waals surface area contributed by atoms with E-state index in [-0.39, 0.29) is 24.0 Å². The third kappa shape index (κ3) is 5.19. The number of carbonyl (C=O) groups is 3. The summed E-state index contributed by atoms with van der Waals surface area (Å²) in [6, 6.07) is 6.73. The number of nitrogens with zero attached hydrogens (tertiary/aromatic N) is 1. The molecule has 1 fully saturated rings. The molecule has 2 amide bonds. The van der Waals surface area contributed by atoms with Gasteiger partial charge in [0.05, 0.1) is 0 Å². The molecule has 2 N–H and O–H groups in total. The van der Waals surface area contributed by atoms with Crippen molar-refractivity contribution in [3.63, 3.8) is 0 Å². The van der Waals surface area contributed by atoms with E-state index in [1.165, 1.54) is 18.7 Å². The molecular formula is C17H21N3O3S. The van der Waals surface area contributed by atoms with Gasteiger partial charge in [0, 0.05) is 24.2 Å². The molecule has 2 rings (SSSR count). The van der Waals surface area contributed by atoms with Crippen molar-refractivity contribution < 1.29 is 14.4 Å². The normalized spacial score (nSPS) is 18.8. The third-order valence-electron chi connectivity index (χ3n) is 3.30. The molecule has 1 heterocycles. The number of hydrogen-bond acceptors (Lipinski definition) is 5. The Morgan fingerprint density at radius 1 is 1.38 bits per heavy atom. The molecule has 128 valence electrons. The van der Waals surface area contributed by atoms with Gasteiger partial charge in [0.25, 0.3) is 0 Å². The van der Waals surface area contributed by atoms with Gasteiger partial charge in [-0.1, -0.05) is 37.7 Å². The fourth-order valence-corrected chi connectivity index (χ4v) is 3.06. The van der Waals surface area contributed by atoms with Crippen molar-refractivity contribution in [1.82, 2.24) is 5.32 Å². The fourth-order valence-electron chi connectivity index (χ4n) is 2.08. The van der Waals surface area contributed by atoms with Gasteiger partial charge in [-0.2, -0.15) is 0 Å². The second-order valence-electron chi connectivity index (χ2n) is 6.02. The SMILES string of the molecule is CC(=O)c1cccc(NC(=O)C[C@H]2SC(=NCC(C)C)NC2=O)c1. The van der Waals surface area contributed by atoms with Gasteiger partial charge in [-0.05, 0) is 25.0 Å². The van der Waals surface area contributed by atoms with Crippen molar-refractivity contribution in [3.05, 3.63) is 29.8 Å². The van der Waals surface area contributed by atoms with E-state index in [2.05, 4.69) is 15.6 Å². The molecule has 0 bridgehead atoms. The lowest BCUT2D eigenvalue weighted by Crippen LogP contribution is -2.28. The monoisotopic (exact) mass is 347 g/mol. The Balaban J connectivity index is 1.93. The first-order valence-electron chi connectivity index (χ1n) is 7.78. The first-order chi connectivity index (χ1) is 11.3. The summed E-state index contributed by atoms with van der Waals surface area (Å²) in [5.74, 6) is -0.127. The average molecular weight is 347 g/mol. The van der Waals surface area contributed by atoms with Gasteiger partial charge in [0.2, 0.25) is 11.8 Å². The number of nitrogens with one attached hydrogen (secondary N) is 2. The minimum Gasteiger partial charge on any atom is -0.326 e. The highest BCUT2D eigenvalue weighted by atomic mass is 32.2. The first-order valence-corrected chi connectivity index (χ1v) is 8.66. The molecule has 24 heavy (non-hydrogen) atoms. The van der Waals surface area contributed by atoms with Gasteiger partial charge < -0.3 is 10.6 Å². The number of amides is 2. The molecule has 1 saturated heterocycles. The lowest BCUT2D eigenvalue weighted by atomic mass is 10.1. The van der Waals surface area contributed by atoms with Gasteiger partial charge in [-0.25, -0.2) is 0 Å². The van der Waals surface area contributed by atoms with E-state index in [1.54, 1.807) is 24.3 Å². The maximum atomic E-state index is 12.1. The smallest absolute Gasteiger partial charge is 0.240 e. The average Bonchev–Trinajstić information content (AvgIpc) is 2.85. The number of Topliss-reactive ketones (excluding diaryl/α,β-unsaturated/α-hetero) is 1. The summed E-state index contributed by atoms with van der Waals surface area (Å²) in [5.41, 5.74) is 1.08. The second-order valence-corrected chi connectivity index (χ2v) is 7.22. The van der Waals surface area contributed by atoms with Crippen molar-refractivity contribution in [2.24, 2.45) is 10.9 Å². The zero-order chi connectivity index (χ0) is 17.7. The summed E-state index contributed by atoms with van der Waals surface area (Å²) < 4.78 is 0. The van der Waals surface area contributed by atoms with Gasteiger partial charge in [0.1, 0.15) is 5.25 Å². The molecule has 0 spiro atoms. The van der Waals surface area contributed by atoms with E-state index < -0.39 is 5.25 Å². The summed E-state index contributed by atoms with van der Waals surface area (Å²) in [4.78, 5) is 39.8. The molecular weight excluding hydrogens is 326 g/mol. The number of anilines is 1. The van der Waals surface area contributed by atoms with Crippen LogP contribution in [0.3, 0.4) is 0 Å². The van der Waals surface area contributed by atoms with E-state index in [4.69, 9.17) is 0 Å². The summed E-state index contributed by atoms with van der Waals surface area (Å²) >= 11 is 1.28.